The van der Waals surface area contributed by atoms with Gasteiger partial charge < -0.3 is 10.2 Å². The van der Waals surface area contributed by atoms with Crippen LogP contribution in [0.2, 0.25) is 0 Å². The maximum absolute atomic E-state index is 6.22. The molecule has 2 atom stereocenters. The number of rotatable bonds is 5. The lowest BCUT2D eigenvalue weighted by atomic mass is 9.99. The number of aryl methyl sites for hydroxylation is 1. The lowest BCUT2D eigenvalue weighted by Gasteiger charge is -2.32. The van der Waals surface area contributed by atoms with E-state index < -0.39 is 0 Å². The molecule has 0 aliphatic heterocycles. The highest BCUT2D eigenvalue weighted by molar-refractivity contribution is 9.10. The molecule has 2 N–H and O–H groups in total. The highest BCUT2D eigenvalue weighted by atomic mass is 79.9. The SMILES string of the molecule is Cc1occc1CN(C)C(c1ccccc1Br)C(C)N. The molecule has 20 heavy (non-hydrogen) atoms. The first-order valence-corrected chi connectivity index (χ1v) is 7.53. The van der Waals surface area contributed by atoms with Crippen LogP contribution in [0.5, 0.6) is 0 Å². The van der Waals surface area contributed by atoms with Gasteiger partial charge in [-0.15, -0.1) is 0 Å². The molecule has 0 aliphatic carbocycles. The summed E-state index contributed by atoms with van der Waals surface area (Å²) in [4.78, 5) is 2.27. The van der Waals surface area contributed by atoms with Crippen LogP contribution in [0.15, 0.2) is 45.5 Å². The highest BCUT2D eigenvalue weighted by Gasteiger charge is 2.23. The normalized spacial score (nSPS) is 14.5. The molecule has 2 aromatic rings. The van der Waals surface area contributed by atoms with Gasteiger partial charge in [0, 0.05) is 22.6 Å². The second-order valence-corrected chi connectivity index (χ2v) is 6.10. The third-order valence-corrected chi connectivity index (χ3v) is 4.30. The predicted molar refractivity (Wildman–Crippen MR) is 85.4 cm³/mol. The Morgan fingerprint density at radius 3 is 2.55 bits per heavy atom. The molecule has 0 saturated heterocycles. The zero-order chi connectivity index (χ0) is 14.7. The van der Waals surface area contributed by atoms with Gasteiger partial charge in [-0.3, -0.25) is 4.90 Å². The average molecular weight is 337 g/mol. The molecule has 0 radical (unpaired) electrons. The first-order valence-electron chi connectivity index (χ1n) is 6.74. The van der Waals surface area contributed by atoms with E-state index >= 15 is 0 Å². The van der Waals surface area contributed by atoms with Crippen molar-refractivity contribution in [3.05, 3.63) is 58.0 Å². The van der Waals surface area contributed by atoms with Crippen molar-refractivity contribution < 1.29 is 4.42 Å². The predicted octanol–water partition coefficient (Wildman–Crippen LogP) is 3.87. The number of hydrogen-bond acceptors (Lipinski definition) is 3. The fourth-order valence-electron chi connectivity index (χ4n) is 2.58. The summed E-state index contributed by atoms with van der Waals surface area (Å²) in [7, 11) is 2.10. The Morgan fingerprint density at radius 1 is 1.30 bits per heavy atom. The van der Waals surface area contributed by atoms with Gasteiger partial charge in [-0.05, 0) is 38.6 Å². The first-order chi connectivity index (χ1) is 9.50. The monoisotopic (exact) mass is 336 g/mol. The fourth-order valence-corrected chi connectivity index (χ4v) is 3.10. The molecular formula is C16H21BrN2O. The lowest BCUT2D eigenvalue weighted by molar-refractivity contribution is 0.209. The quantitative estimate of drug-likeness (QED) is 0.901. The largest absolute Gasteiger partial charge is 0.469 e. The van der Waals surface area contributed by atoms with Gasteiger partial charge >= 0.3 is 0 Å². The molecule has 1 aromatic heterocycles. The number of benzene rings is 1. The number of nitrogens with two attached hydrogens (primary N) is 1. The van der Waals surface area contributed by atoms with Crippen LogP contribution in [0.1, 0.15) is 29.9 Å². The zero-order valence-corrected chi connectivity index (χ0v) is 13.7. The number of nitrogens with zero attached hydrogens (tertiary/aromatic N) is 1. The fraction of sp³-hybridized carbons (Fsp3) is 0.375. The highest BCUT2D eigenvalue weighted by Crippen LogP contribution is 2.30. The lowest BCUT2D eigenvalue weighted by Crippen LogP contribution is -2.37. The Labute approximate surface area is 128 Å². The minimum atomic E-state index is 0.0332. The van der Waals surface area contributed by atoms with Crippen LogP contribution in [-0.4, -0.2) is 18.0 Å². The average Bonchev–Trinajstić information content (AvgIpc) is 2.77. The van der Waals surface area contributed by atoms with Crippen LogP contribution < -0.4 is 5.73 Å². The Hall–Kier alpha value is -1.10. The molecule has 0 fully saturated rings. The molecule has 2 rings (SSSR count). The number of hydrogen-bond donors (Lipinski definition) is 1. The number of furan rings is 1. The van der Waals surface area contributed by atoms with Crippen LogP contribution in [-0.2, 0) is 6.54 Å². The maximum Gasteiger partial charge on any atom is 0.105 e. The van der Waals surface area contributed by atoms with E-state index in [1.807, 2.05) is 32.0 Å². The van der Waals surface area contributed by atoms with Crippen LogP contribution >= 0.6 is 15.9 Å². The van der Waals surface area contributed by atoms with Crippen molar-refractivity contribution in [2.24, 2.45) is 5.73 Å². The van der Waals surface area contributed by atoms with Gasteiger partial charge in [0.15, 0.2) is 0 Å². The topological polar surface area (TPSA) is 42.4 Å². The molecule has 0 spiro atoms. The van der Waals surface area contributed by atoms with Crippen molar-refractivity contribution in [2.45, 2.75) is 32.5 Å². The summed E-state index contributed by atoms with van der Waals surface area (Å²) in [6, 6.07) is 10.5. The minimum Gasteiger partial charge on any atom is -0.469 e. The van der Waals surface area contributed by atoms with E-state index in [0.29, 0.717) is 0 Å². The smallest absolute Gasteiger partial charge is 0.105 e. The van der Waals surface area contributed by atoms with Crippen molar-refractivity contribution in [1.82, 2.24) is 4.90 Å². The van der Waals surface area contributed by atoms with E-state index in [0.717, 1.165) is 16.8 Å². The third-order valence-electron chi connectivity index (χ3n) is 3.58. The second-order valence-electron chi connectivity index (χ2n) is 5.24. The van der Waals surface area contributed by atoms with Crippen molar-refractivity contribution in [3.8, 4) is 0 Å². The van der Waals surface area contributed by atoms with Gasteiger partial charge in [0.25, 0.3) is 0 Å². The summed E-state index contributed by atoms with van der Waals surface area (Å²) >= 11 is 3.63. The molecule has 3 nitrogen and oxygen atoms in total. The molecule has 0 amide bonds. The molecule has 0 bridgehead atoms. The molecule has 0 saturated carbocycles. The van der Waals surface area contributed by atoms with Gasteiger partial charge in [0.1, 0.15) is 5.76 Å². The van der Waals surface area contributed by atoms with Gasteiger partial charge in [0.05, 0.1) is 12.3 Å². The minimum absolute atomic E-state index is 0.0332. The molecular weight excluding hydrogens is 316 g/mol. The van der Waals surface area contributed by atoms with E-state index in [9.17, 15) is 0 Å². The van der Waals surface area contributed by atoms with Gasteiger partial charge in [-0.1, -0.05) is 34.1 Å². The number of halogens is 1. The Balaban J connectivity index is 2.25. The summed E-state index contributed by atoms with van der Waals surface area (Å²) < 4.78 is 6.46. The molecule has 0 aliphatic rings. The van der Waals surface area contributed by atoms with Crippen molar-refractivity contribution in [3.63, 3.8) is 0 Å². The Bertz CT molecular complexity index is 565. The summed E-state index contributed by atoms with van der Waals surface area (Å²) in [6.45, 7) is 4.85. The second kappa shape index (κ2) is 6.57. The summed E-state index contributed by atoms with van der Waals surface area (Å²) in [5.41, 5.74) is 8.63. The van der Waals surface area contributed by atoms with E-state index in [4.69, 9.17) is 10.2 Å². The Kier molecular flexibility index (Phi) is 5.02. The van der Waals surface area contributed by atoms with Gasteiger partial charge in [-0.25, -0.2) is 0 Å². The summed E-state index contributed by atoms with van der Waals surface area (Å²) in [6.07, 6.45) is 1.73. The van der Waals surface area contributed by atoms with Crippen LogP contribution in [0.3, 0.4) is 0 Å². The van der Waals surface area contributed by atoms with Crippen molar-refractivity contribution in [1.29, 1.82) is 0 Å². The van der Waals surface area contributed by atoms with Gasteiger partial charge in [-0.2, -0.15) is 0 Å². The van der Waals surface area contributed by atoms with Crippen LogP contribution in [0, 0.1) is 6.92 Å². The summed E-state index contributed by atoms with van der Waals surface area (Å²) in [5, 5.41) is 0. The van der Waals surface area contributed by atoms with Gasteiger partial charge in [0.2, 0.25) is 0 Å². The van der Waals surface area contributed by atoms with E-state index in [1.54, 1.807) is 6.26 Å². The molecule has 1 aromatic carbocycles. The third kappa shape index (κ3) is 3.32. The van der Waals surface area contributed by atoms with E-state index in [2.05, 4.69) is 40.0 Å². The van der Waals surface area contributed by atoms with E-state index in [-0.39, 0.29) is 12.1 Å². The van der Waals surface area contributed by atoms with Crippen molar-refractivity contribution in [2.75, 3.05) is 7.05 Å². The Morgan fingerprint density at radius 2 is 2.00 bits per heavy atom. The van der Waals surface area contributed by atoms with Crippen molar-refractivity contribution >= 4 is 15.9 Å². The molecule has 2 unspecified atom stereocenters. The van der Waals surface area contributed by atoms with Crippen LogP contribution in [0.25, 0.3) is 0 Å². The van der Waals surface area contributed by atoms with E-state index in [1.165, 1.54) is 11.1 Å². The maximum atomic E-state index is 6.22. The first kappa shape index (κ1) is 15.3. The standard InChI is InChI=1S/C16H21BrN2O/c1-11(18)16(14-6-4-5-7-15(14)17)19(3)10-13-8-9-20-12(13)2/h4-9,11,16H,10,18H2,1-3H3. The molecule has 108 valence electrons. The van der Waals surface area contributed by atoms with Crippen LogP contribution in [0.4, 0.5) is 0 Å². The summed E-state index contributed by atoms with van der Waals surface area (Å²) in [5.74, 6) is 0.965. The zero-order valence-electron chi connectivity index (χ0n) is 12.1. The number of likely N-dealkylation sites (N-methyl/N-ethyl adjacent to an activating group) is 1. The molecule has 4 heteroatoms. The molecule has 1 heterocycles.